The van der Waals surface area contributed by atoms with Crippen LogP contribution in [0.15, 0.2) is 18.2 Å². The molecule has 0 aliphatic carbocycles. The fraction of sp³-hybridized carbons (Fsp3) is 0.500. The van der Waals surface area contributed by atoms with Gasteiger partial charge in [0.1, 0.15) is 0 Å². The number of nitrogens with two attached hydrogens (primary N) is 1. The lowest BCUT2D eigenvalue weighted by Gasteiger charge is -2.31. The van der Waals surface area contributed by atoms with Crippen molar-refractivity contribution in [3.63, 3.8) is 0 Å². The number of halogens is 1. The molecule has 0 fully saturated rings. The molecule has 2 unspecified atom stereocenters. The minimum atomic E-state index is -0.873. The van der Waals surface area contributed by atoms with Gasteiger partial charge in [0.15, 0.2) is 0 Å². The highest BCUT2D eigenvalue weighted by Gasteiger charge is 2.29. The predicted octanol–water partition coefficient (Wildman–Crippen LogP) is 1.62. The normalized spacial score (nSPS) is 16.1. The summed E-state index contributed by atoms with van der Waals surface area (Å²) in [5.74, 6) is -0.873. The second-order valence-electron chi connectivity index (χ2n) is 4.75. The van der Waals surface area contributed by atoms with E-state index in [2.05, 4.69) is 0 Å². The Balaban J connectivity index is 2.99. The monoisotopic (exact) mass is 256 g/mol. The highest BCUT2D eigenvalue weighted by atomic mass is 19.1. The fourth-order valence-electron chi connectivity index (χ4n) is 1.67. The molecule has 0 spiro atoms. The van der Waals surface area contributed by atoms with Crippen molar-refractivity contribution in [1.29, 1.82) is 0 Å². The maximum Gasteiger partial charge on any atom is 0.304 e. The predicted molar refractivity (Wildman–Crippen MR) is 65.6 cm³/mol. The van der Waals surface area contributed by atoms with E-state index in [1.54, 1.807) is 13.8 Å². The van der Waals surface area contributed by atoms with E-state index in [4.69, 9.17) is 5.73 Å². The van der Waals surface area contributed by atoms with Gasteiger partial charge in [-0.25, -0.2) is 0 Å². The van der Waals surface area contributed by atoms with E-state index in [0.717, 1.165) is 12.1 Å². The minimum absolute atomic E-state index is 0.239. The molecule has 0 radical (unpaired) electrons. The summed E-state index contributed by atoms with van der Waals surface area (Å²) in [5.41, 5.74) is 5.05. The van der Waals surface area contributed by atoms with Crippen LogP contribution in [0.2, 0.25) is 0 Å². The molecule has 18 heavy (non-hydrogen) atoms. The molecule has 1 rings (SSSR count). The molecule has 6 heteroatoms. The Morgan fingerprint density at radius 3 is 2.61 bits per heavy atom. The van der Waals surface area contributed by atoms with E-state index < -0.39 is 27.9 Å². The van der Waals surface area contributed by atoms with Gasteiger partial charge in [-0.3, -0.25) is 10.1 Å². The van der Waals surface area contributed by atoms with Gasteiger partial charge in [0.25, 0.3) is 0 Å². The Labute approximate surface area is 105 Å². The standard InChI is InChI=1S/C12H17FN2O3/c1-8(16)12(2,7-14)6-9-3-4-11(15(17)18)10(13)5-9/h3-5,8,16H,6-7,14H2,1-2H3. The van der Waals surface area contributed by atoms with Crippen LogP contribution in [0.1, 0.15) is 19.4 Å². The lowest BCUT2D eigenvalue weighted by Crippen LogP contribution is -2.39. The van der Waals surface area contributed by atoms with Gasteiger partial charge in [-0.1, -0.05) is 13.0 Å². The molecule has 5 nitrogen and oxygen atoms in total. The van der Waals surface area contributed by atoms with Gasteiger partial charge in [-0.05, 0) is 25.0 Å². The van der Waals surface area contributed by atoms with Gasteiger partial charge in [0.2, 0.25) is 5.82 Å². The first kappa shape index (κ1) is 14.5. The summed E-state index contributed by atoms with van der Waals surface area (Å²) in [7, 11) is 0. The number of aliphatic hydroxyl groups is 1. The maximum absolute atomic E-state index is 13.4. The summed E-state index contributed by atoms with van der Waals surface area (Å²) in [6.45, 7) is 3.65. The zero-order valence-electron chi connectivity index (χ0n) is 10.4. The summed E-state index contributed by atoms with van der Waals surface area (Å²) >= 11 is 0. The number of nitro benzene ring substituents is 1. The largest absolute Gasteiger partial charge is 0.393 e. The molecule has 0 amide bonds. The molecule has 3 N–H and O–H groups in total. The van der Waals surface area contributed by atoms with Crippen molar-refractivity contribution in [1.82, 2.24) is 0 Å². The van der Waals surface area contributed by atoms with Crippen LogP contribution < -0.4 is 5.73 Å². The molecule has 100 valence electrons. The lowest BCUT2D eigenvalue weighted by molar-refractivity contribution is -0.387. The zero-order chi connectivity index (χ0) is 13.9. The van der Waals surface area contributed by atoms with Crippen molar-refractivity contribution in [3.8, 4) is 0 Å². The topological polar surface area (TPSA) is 89.4 Å². The van der Waals surface area contributed by atoms with Gasteiger partial charge in [-0.2, -0.15) is 4.39 Å². The van der Waals surface area contributed by atoms with Gasteiger partial charge < -0.3 is 10.8 Å². The molecule has 0 saturated heterocycles. The third kappa shape index (κ3) is 3.02. The third-order valence-electron chi connectivity index (χ3n) is 3.29. The van der Waals surface area contributed by atoms with E-state index in [-0.39, 0.29) is 6.54 Å². The Morgan fingerprint density at radius 1 is 1.61 bits per heavy atom. The first-order chi connectivity index (χ1) is 8.30. The second-order valence-corrected chi connectivity index (χ2v) is 4.75. The van der Waals surface area contributed by atoms with Crippen LogP contribution in [-0.2, 0) is 6.42 Å². The quantitative estimate of drug-likeness (QED) is 0.618. The van der Waals surface area contributed by atoms with Crippen LogP contribution >= 0.6 is 0 Å². The average molecular weight is 256 g/mol. The number of nitrogens with zero attached hydrogens (tertiary/aromatic N) is 1. The van der Waals surface area contributed by atoms with E-state index in [1.165, 1.54) is 6.07 Å². The van der Waals surface area contributed by atoms with E-state index in [0.29, 0.717) is 12.0 Å². The van der Waals surface area contributed by atoms with Crippen molar-refractivity contribution in [2.75, 3.05) is 6.54 Å². The van der Waals surface area contributed by atoms with Crippen LogP contribution in [0, 0.1) is 21.3 Å². The molecule has 0 saturated carbocycles. The van der Waals surface area contributed by atoms with Crippen LogP contribution in [0.3, 0.4) is 0 Å². The zero-order valence-corrected chi connectivity index (χ0v) is 10.4. The van der Waals surface area contributed by atoms with Crippen LogP contribution in [0.4, 0.5) is 10.1 Å². The van der Waals surface area contributed by atoms with Crippen molar-refractivity contribution in [3.05, 3.63) is 39.7 Å². The van der Waals surface area contributed by atoms with Crippen LogP contribution in [0.25, 0.3) is 0 Å². The molecule has 0 aliphatic rings. The number of aliphatic hydroxyl groups excluding tert-OH is 1. The number of nitro groups is 1. The van der Waals surface area contributed by atoms with Crippen molar-refractivity contribution in [2.45, 2.75) is 26.4 Å². The minimum Gasteiger partial charge on any atom is -0.393 e. The number of benzene rings is 1. The van der Waals surface area contributed by atoms with Gasteiger partial charge in [0.05, 0.1) is 11.0 Å². The SMILES string of the molecule is CC(O)C(C)(CN)Cc1ccc([N+](=O)[O-])c(F)c1. The number of rotatable bonds is 5. The smallest absolute Gasteiger partial charge is 0.304 e. The van der Waals surface area contributed by atoms with Gasteiger partial charge in [0, 0.05) is 18.0 Å². The molecular formula is C12H17FN2O3. The van der Waals surface area contributed by atoms with E-state index in [1.807, 2.05) is 0 Å². The van der Waals surface area contributed by atoms with Crippen molar-refractivity contribution < 1.29 is 14.4 Å². The first-order valence-electron chi connectivity index (χ1n) is 5.61. The van der Waals surface area contributed by atoms with E-state index in [9.17, 15) is 19.6 Å². The van der Waals surface area contributed by atoms with Crippen molar-refractivity contribution in [2.24, 2.45) is 11.1 Å². The van der Waals surface area contributed by atoms with E-state index >= 15 is 0 Å². The summed E-state index contributed by atoms with van der Waals surface area (Å²) in [6.07, 6.45) is -0.295. The highest BCUT2D eigenvalue weighted by molar-refractivity contribution is 5.35. The average Bonchev–Trinajstić information content (AvgIpc) is 2.28. The molecule has 0 heterocycles. The molecule has 1 aromatic rings. The molecule has 0 aromatic heterocycles. The Hall–Kier alpha value is -1.53. The van der Waals surface area contributed by atoms with Crippen molar-refractivity contribution >= 4 is 5.69 Å². The lowest BCUT2D eigenvalue weighted by atomic mass is 9.79. The Bertz CT molecular complexity index is 451. The summed E-state index contributed by atoms with van der Waals surface area (Å²) in [4.78, 5) is 9.72. The third-order valence-corrected chi connectivity index (χ3v) is 3.29. The molecule has 0 aliphatic heterocycles. The van der Waals surface area contributed by atoms with Crippen LogP contribution in [0.5, 0.6) is 0 Å². The Kier molecular flexibility index (Phi) is 4.37. The van der Waals surface area contributed by atoms with Gasteiger partial charge in [-0.15, -0.1) is 0 Å². The first-order valence-corrected chi connectivity index (χ1v) is 5.61. The highest BCUT2D eigenvalue weighted by Crippen LogP contribution is 2.27. The molecule has 1 aromatic carbocycles. The summed E-state index contributed by atoms with van der Waals surface area (Å²) in [5, 5.41) is 20.2. The maximum atomic E-state index is 13.4. The molecular weight excluding hydrogens is 239 g/mol. The van der Waals surface area contributed by atoms with Gasteiger partial charge >= 0.3 is 5.69 Å². The second kappa shape index (κ2) is 5.41. The summed E-state index contributed by atoms with van der Waals surface area (Å²) in [6, 6.07) is 3.73. The molecule has 2 atom stereocenters. The fourth-order valence-corrected chi connectivity index (χ4v) is 1.67. The Morgan fingerprint density at radius 2 is 2.22 bits per heavy atom. The number of hydrogen-bond donors (Lipinski definition) is 2. The number of hydrogen-bond acceptors (Lipinski definition) is 4. The molecule has 0 bridgehead atoms. The summed E-state index contributed by atoms with van der Waals surface area (Å²) < 4.78 is 13.4. The van der Waals surface area contributed by atoms with Crippen LogP contribution in [-0.4, -0.2) is 22.7 Å².